The van der Waals surface area contributed by atoms with E-state index < -0.39 is 0 Å². The fourth-order valence-corrected chi connectivity index (χ4v) is 3.90. The molecule has 0 saturated heterocycles. The first-order valence-electron chi connectivity index (χ1n) is 7.58. The fraction of sp³-hybridized carbons (Fsp3) is 0.588. The summed E-state index contributed by atoms with van der Waals surface area (Å²) in [6.45, 7) is 2.89. The molecule has 1 amide bonds. The van der Waals surface area contributed by atoms with Crippen LogP contribution in [0.3, 0.4) is 0 Å². The number of amides is 1. The predicted molar refractivity (Wildman–Crippen MR) is 87.1 cm³/mol. The number of carbonyl (C=O) groups is 1. The Morgan fingerprint density at radius 2 is 1.95 bits per heavy atom. The molecule has 1 aromatic rings. The van der Waals surface area contributed by atoms with Gasteiger partial charge in [0.1, 0.15) is 0 Å². The maximum absolute atomic E-state index is 12.1. The molecule has 0 aliphatic heterocycles. The number of nitrogens with one attached hydrogen (secondary N) is 1. The van der Waals surface area contributed by atoms with Crippen LogP contribution in [0.15, 0.2) is 24.3 Å². The molecule has 2 nitrogen and oxygen atoms in total. The maximum Gasteiger partial charge on any atom is 0.224 e. The Kier molecular flexibility index (Phi) is 6.08. The highest BCUT2D eigenvalue weighted by molar-refractivity contribution is 9.09. The van der Waals surface area contributed by atoms with Gasteiger partial charge in [-0.25, -0.2) is 0 Å². The molecule has 3 heteroatoms. The number of hydrogen-bond donors (Lipinski definition) is 1. The van der Waals surface area contributed by atoms with E-state index in [-0.39, 0.29) is 5.91 Å². The van der Waals surface area contributed by atoms with Crippen molar-refractivity contribution in [3.8, 4) is 0 Å². The average Bonchev–Trinajstić information content (AvgIpc) is 2.48. The lowest BCUT2D eigenvalue weighted by Gasteiger charge is -2.30. The summed E-state index contributed by atoms with van der Waals surface area (Å²) in [6.07, 6.45) is 5.69. The Morgan fingerprint density at radius 1 is 1.25 bits per heavy atom. The first-order chi connectivity index (χ1) is 9.70. The van der Waals surface area contributed by atoms with E-state index in [9.17, 15) is 4.79 Å². The van der Waals surface area contributed by atoms with Gasteiger partial charge < -0.3 is 5.32 Å². The lowest BCUT2D eigenvalue weighted by molar-refractivity contribution is -0.120. The van der Waals surface area contributed by atoms with Crippen molar-refractivity contribution in [3.63, 3.8) is 0 Å². The average molecular weight is 338 g/mol. The van der Waals surface area contributed by atoms with Crippen LogP contribution < -0.4 is 5.32 Å². The Bertz CT molecular complexity index is 446. The summed E-state index contributed by atoms with van der Waals surface area (Å²) < 4.78 is 0. The van der Waals surface area contributed by atoms with Crippen LogP contribution in [0.4, 0.5) is 0 Å². The second kappa shape index (κ2) is 7.82. The van der Waals surface area contributed by atoms with Gasteiger partial charge in [0.05, 0.1) is 6.42 Å². The van der Waals surface area contributed by atoms with Crippen molar-refractivity contribution in [1.29, 1.82) is 0 Å². The van der Waals surface area contributed by atoms with E-state index in [0.29, 0.717) is 12.3 Å². The number of rotatable bonds is 5. The summed E-state index contributed by atoms with van der Waals surface area (Å²) in [6, 6.07) is 8.11. The molecule has 1 aliphatic rings. The second-order valence-electron chi connectivity index (χ2n) is 5.87. The van der Waals surface area contributed by atoms with Crippen molar-refractivity contribution < 1.29 is 4.79 Å². The first-order valence-corrected chi connectivity index (χ1v) is 8.70. The zero-order valence-corrected chi connectivity index (χ0v) is 13.8. The van der Waals surface area contributed by atoms with Crippen LogP contribution in [0.25, 0.3) is 0 Å². The standard InChI is InChI=1S/C17H24BrNO/c1-13-6-2-3-7-14(13)10-17(20)19-12-16-9-5-4-8-15(16)11-18/h2-3,6-7,15-16H,4-5,8-12H2,1H3,(H,19,20). The zero-order valence-electron chi connectivity index (χ0n) is 12.2. The monoisotopic (exact) mass is 337 g/mol. The van der Waals surface area contributed by atoms with Gasteiger partial charge in [0.15, 0.2) is 0 Å². The molecule has 20 heavy (non-hydrogen) atoms. The SMILES string of the molecule is Cc1ccccc1CC(=O)NCC1CCCCC1CBr. The van der Waals surface area contributed by atoms with Gasteiger partial charge in [0.2, 0.25) is 5.91 Å². The van der Waals surface area contributed by atoms with Crippen LogP contribution in [0, 0.1) is 18.8 Å². The zero-order chi connectivity index (χ0) is 14.4. The normalized spacial score (nSPS) is 22.5. The van der Waals surface area contributed by atoms with E-state index in [4.69, 9.17) is 0 Å². The summed E-state index contributed by atoms with van der Waals surface area (Å²) in [4.78, 5) is 12.1. The number of aryl methyl sites for hydroxylation is 1. The Labute approximate surface area is 130 Å². The number of halogens is 1. The summed E-state index contributed by atoms with van der Waals surface area (Å²) >= 11 is 3.61. The van der Waals surface area contributed by atoms with Gasteiger partial charge in [-0.3, -0.25) is 4.79 Å². The molecule has 1 aliphatic carbocycles. The van der Waals surface area contributed by atoms with Gasteiger partial charge in [-0.15, -0.1) is 0 Å². The lowest BCUT2D eigenvalue weighted by atomic mass is 9.80. The molecular weight excluding hydrogens is 314 g/mol. The topological polar surface area (TPSA) is 29.1 Å². The minimum absolute atomic E-state index is 0.151. The van der Waals surface area contributed by atoms with Crippen LogP contribution in [-0.2, 0) is 11.2 Å². The summed E-state index contributed by atoms with van der Waals surface area (Å²) in [5.74, 6) is 1.52. The largest absolute Gasteiger partial charge is 0.356 e. The molecule has 2 atom stereocenters. The third-order valence-electron chi connectivity index (χ3n) is 4.44. The highest BCUT2D eigenvalue weighted by Crippen LogP contribution is 2.30. The smallest absolute Gasteiger partial charge is 0.224 e. The molecule has 0 spiro atoms. The van der Waals surface area contributed by atoms with Crippen LogP contribution in [-0.4, -0.2) is 17.8 Å². The van der Waals surface area contributed by atoms with Gasteiger partial charge in [-0.1, -0.05) is 53.0 Å². The summed E-state index contributed by atoms with van der Waals surface area (Å²) in [5, 5.41) is 4.19. The molecule has 2 unspecified atom stereocenters. The van der Waals surface area contributed by atoms with Crippen molar-refractivity contribution in [2.24, 2.45) is 11.8 Å². The highest BCUT2D eigenvalue weighted by atomic mass is 79.9. The van der Waals surface area contributed by atoms with Gasteiger partial charge in [0, 0.05) is 11.9 Å². The minimum atomic E-state index is 0.151. The van der Waals surface area contributed by atoms with Crippen LogP contribution in [0.2, 0.25) is 0 Å². The highest BCUT2D eigenvalue weighted by Gasteiger charge is 2.24. The predicted octanol–water partition coefficient (Wildman–Crippen LogP) is 3.86. The number of hydrogen-bond acceptors (Lipinski definition) is 1. The summed E-state index contributed by atoms with van der Waals surface area (Å²) in [5.41, 5.74) is 2.32. The van der Waals surface area contributed by atoms with E-state index in [0.717, 1.165) is 23.4 Å². The molecule has 1 saturated carbocycles. The molecular formula is C17H24BrNO. The molecule has 0 heterocycles. The molecule has 1 aromatic carbocycles. The molecule has 1 fully saturated rings. The van der Waals surface area contributed by atoms with Gasteiger partial charge in [0.25, 0.3) is 0 Å². The van der Waals surface area contributed by atoms with E-state index in [1.54, 1.807) is 0 Å². The third-order valence-corrected chi connectivity index (χ3v) is 5.27. The van der Waals surface area contributed by atoms with Crippen LogP contribution in [0.5, 0.6) is 0 Å². The molecule has 2 rings (SSSR count). The molecule has 0 aromatic heterocycles. The van der Waals surface area contributed by atoms with Crippen molar-refractivity contribution in [2.75, 3.05) is 11.9 Å². The van der Waals surface area contributed by atoms with E-state index in [2.05, 4.69) is 34.2 Å². The minimum Gasteiger partial charge on any atom is -0.356 e. The second-order valence-corrected chi connectivity index (χ2v) is 6.51. The Morgan fingerprint density at radius 3 is 2.65 bits per heavy atom. The Hall–Kier alpha value is -0.830. The van der Waals surface area contributed by atoms with Crippen LogP contribution in [0.1, 0.15) is 36.8 Å². The van der Waals surface area contributed by atoms with Crippen molar-refractivity contribution in [2.45, 2.75) is 39.0 Å². The van der Waals surface area contributed by atoms with Crippen LogP contribution >= 0.6 is 15.9 Å². The number of carbonyl (C=O) groups excluding carboxylic acids is 1. The molecule has 0 radical (unpaired) electrons. The van der Waals surface area contributed by atoms with Gasteiger partial charge in [-0.05, 0) is 42.7 Å². The van der Waals surface area contributed by atoms with Gasteiger partial charge in [-0.2, -0.15) is 0 Å². The van der Waals surface area contributed by atoms with E-state index >= 15 is 0 Å². The van der Waals surface area contributed by atoms with E-state index in [1.807, 2.05) is 18.2 Å². The Balaban J connectivity index is 1.81. The van der Waals surface area contributed by atoms with Gasteiger partial charge >= 0.3 is 0 Å². The maximum atomic E-state index is 12.1. The van der Waals surface area contributed by atoms with Crippen molar-refractivity contribution >= 4 is 21.8 Å². The molecule has 0 bridgehead atoms. The summed E-state index contributed by atoms with van der Waals surface area (Å²) in [7, 11) is 0. The van der Waals surface area contributed by atoms with Crippen molar-refractivity contribution in [3.05, 3.63) is 35.4 Å². The lowest BCUT2D eigenvalue weighted by Crippen LogP contribution is -2.35. The fourth-order valence-electron chi connectivity index (χ4n) is 3.05. The van der Waals surface area contributed by atoms with Crippen molar-refractivity contribution in [1.82, 2.24) is 5.32 Å². The molecule has 110 valence electrons. The van der Waals surface area contributed by atoms with E-state index in [1.165, 1.54) is 31.2 Å². The number of benzene rings is 1. The number of alkyl halides is 1. The third kappa shape index (κ3) is 4.34. The first kappa shape index (κ1) is 15.6. The molecule has 1 N–H and O–H groups in total. The quantitative estimate of drug-likeness (QED) is 0.812.